The number of hydrogen-bond donors (Lipinski definition) is 1. The molecule has 2 rings (SSSR count). The normalized spacial score (nSPS) is 17.1. The molecule has 76 valence electrons. The molecular formula is C11H17N3. The van der Waals surface area contributed by atoms with Crippen molar-refractivity contribution in [2.75, 3.05) is 31.1 Å². The van der Waals surface area contributed by atoms with Gasteiger partial charge < -0.3 is 10.2 Å². The fourth-order valence-electron chi connectivity index (χ4n) is 1.72. The Labute approximate surface area is 85.1 Å². The smallest absolute Gasteiger partial charge is 0.0556 e. The van der Waals surface area contributed by atoms with Crippen molar-refractivity contribution in [1.29, 1.82) is 0 Å². The first-order valence-electron chi connectivity index (χ1n) is 5.16. The summed E-state index contributed by atoms with van der Waals surface area (Å²) >= 11 is 0. The Kier molecular flexibility index (Phi) is 2.68. The van der Waals surface area contributed by atoms with Crippen LogP contribution in [0.4, 0.5) is 5.69 Å². The van der Waals surface area contributed by atoms with E-state index in [0.717, 1.165) is 31.9 Å². The van der Waals surface area contributed by atoms with E-state index in [9.17, 15) is 0 Å². The van der Waals surface area contributed by atoms with Crippen LogP contribution in [-0.4, -0.2) is 31.2 Å². The second kappa shape index (κ2) is 3.96. The Bertz CT molecular complexity index is 316. The Morgan fingerprint density at radius 3 is 2.64 bits per heavy atom. The summed E-state index contributed by atoms with van der Waals surface area (Å²) in [6.45, 7) is 8.50. The highest BCUT2D eigenvalue weighted by atomic mass is 15.2. The van der Waals surface area contributed by atoms with Gasteiger partial charge in [-0.2, -0.15) is 0 Å². The van der Waals surface area contributed by atoms with Crippen molar-refractivity contribution in [2.45, 2.75) is 13.8 Å². The first-order valence-corrected chi connectivity index (χ1v) is 5.16. The molecule has 1 aliphatic heterocycles. The fraction of sp³-hybridized carbons (Fsp3) is 0.545. The van der Waals surface area contributed by atoms with Crippen LogP contribution in [0.1, 0.15) is 11.3 Å². The molecule has 1 aromatic rings. The van der Waals surface area contributed by atoms with E-state index in [1.54, 1.807) is 0 Å². The van der Waals surface area contributed by atoms with Gasteiger partial charge in [-0.1, -0.05) is 0 Å². The predicted octanol–water partition coefficient (Wildman–Crippen LogP) is 1.11. The summed E-state index contributed by atoms with van der Waals surface area (Å²) in [5.41, 5.74) is 3.67. The molecule has 0 saturated carbocycles. The Morgan fingerprint density at radius 2 is 2.00 bits per heavy atom. The Morgan fingerprint density at radius 1 is 1.29 bits per heavy atom. The SMILES string of the molecule is Cc1cc(N2CCNCC2)cnc1C. The van der Waals surface area contributed by atoms with Crippen LogP contribution in [0, 0.1) is 13.8 Å². The average Bonchev–Trinajstić information content (AvgIpc) is 2.23. The van der Waals surface area contributed by atoms with Crippen LogP contribution in [0.5, 0.6) is 0 Å². The maximum absolute atomic E-state index is 4.39. The molecule has 3 heteroatoms. The van der Waals surface area contributed by atoms with Crippen LogP contribution < -0.4 is 10.2 Å². The largest absolute Gasteiger partial charge is 0.368 e. The molecular weight excluding hydrogens is 174 g/mol. The van der Waals surface area contributed by atoms with Crippen molar-refractivity contribution in [3.8, 4) is 0 Å². The fourth-order valence-corrected chi connectivity index (χ4v) is 1.72. The van der Waals surface area contributed by atoms with Gasteiger partial charge in [-0.15, -0.1) is 0 Å². The van der Waals surface area contributed by atoms with Crippen molar-refractivity contribution in [1.82, 2.24) is 10.3 Å². The van der Waals surface area contributed by atoms with Gasteiger partial charge in [-0.25, -0.2) is 0 Å². The molecule has 14 heavy (non-hydrogen) atoms. The highest BCUT2D eigenvalue weighted by Gasteiger charge is 2.10. The molecule has 0 radical (unpaired) electrons. The molecule has 0 amide bonds. The van der Waals surface area contributed by atoms with E-state index >= 15 is 0 Å². The quantitative estimate of drug-likeness (QED) is 0.720. The standard InChI is InChI=1S/C11H17N3/c1-9-7-11(8-13-10(9)2)14-5-3-12-4-6-14/h7-8,12H,3-6H2,1-2H3. The third-order valence-electron chi connectivity index (χ3n) is 2.81. The summed E-state index contributed by atoms with van der Waals surface area (Å²) in [6, 6.07) is 2.23. The number of piperazine rings is 1. The molecule has 1 N–H and O–H groups in total. The van der Waals surface area contributed by atoms with Crippen molar-refractivity contribution in [3.05, 3.63) is 23.5 Å². The van der Waals surface area contributed by atoms with Gasteiger partial charge in [0.2, 0.25) is 0 Å². The first kappa shape index (κ1) is 9.46. The van der Waals surface area contributed by atoms with E-state index in [1.165, 1.54) is 11.3 Å². The van der Waals surface area contributed by atoms with Crippen LogP contribution in [0.15, 0.2) is 12.3 Å². The van der Waals surface area contributed by atoms with Crippen LogP contribution in [0.25, 0.3) is 0 Å². The van der Waals surface area contributed by atoms with Crippen LogP contribution in [0.2, 0.25) is 0 Å². The van der Waals surface area contributed by atoms with Gasteiger partial charge in [0.05, 0.1) is 11.9 Å². The number of nitrogens with zero attached hydrogens (tertiary/aromatic N) is 2. The summed E-state index contributed by atoms with van der Waals surface area (Å²) < 4.78 is 0. The zero-order valence-electron chi connectivity index (χ0n) is 8.88. The van der Waals surface area contributed by atoms with Gasteiger partial charge in [-0.05, 0) is 25.5 Å². The number of aromatic nitrogens is 1. The topological polar surface area (TPSA) is 28.2 Å². The lowest BCUT2D eigenvalue weighted by atomic mass is 10.2. The second-order valence-corrected chi connectivity index (χ2v) is 3.83. The predicted molar refractivity (Wildman–Crippen MR) is 58.8 cm³/mol. The molecule has 0 atom stereocenters. The van der Waals surface area contributed by atoms with Crippen LogP contribution in [0.3, 0.4) is 0 Å². The lowest BCUT2D eigenvalue weighted by molar-refractivity contribution is 0.588. The third kappa shape index (κ3) is 1.87. The lowest BCUT2D eigenvalue weighted by Crippen LogP contribution is -2.43. The maximum Gasteiger partial charge on any atom is 0.0556 e. The van der Waals surface area contributed by atoms with Gasteiger partial charge in [0.1, 0.15) is 0 Å². The van der Waals surface area contributed by atoms with Gasteiger partial charge in [0, 0.05) is 31.9 Å². The minimum absolute atomic E-state index is 1.08. The average molecular weight is 191 g/mol. The monoisotopic (exact) mass is 191 g/mol. The molecule has 0 aromatic carbocycles. The maximum atomic E-state index is 4.39. The molecule has 3 nitrogen and oxygen atoms in total. The van der Waals surface area contributed by atoms with E-state index in [0.29, 0.717) is 0 Å². The highest BCUT2D eigenvalue weighted by molar-refractivity contribution is 5.47. The molecule has 0 unspecified atom stereocenters. The van der Waals surface area contributed by atoms with Crippen molar-refractivity contribution >= 4 is 5.69 Å². The lowest BCUT2D eigenvalue weighted by Gasteiger charge is -2.29. The number of nitrogens with one attached hydrogen (secondary N) is 1. The van der Waals surface area contributed by atoms with Gasteiger partial charge in [-0.3, -0.25) is 4.98 Å². The minimum Gasteiger partial charge on any atom is -0.368 e. The zero-order chi connectivity index (χ0) is 9.97. The van der Waals surface area contributed by atoms with E-state index in [4.69, 9.17) is 0 Å². The molecule has 0 spiro atoms. The second-order valence-electron chi connectivity index (χ2n) is 3.83. The zero-order valence-corrected chi connectivity index (χ0v) is 8.88. The molecule has 0 bridgehead atoms. The summed E-state index contributed by atoms with van der Waals surface area (Å²) in [7, 11) is 0. The van der Waals surface area contributed by atoms with Crippen molar-refractivity contribution in [2.24, 2.45) is 0 Å². The van der Waals surface area contributed by atoms with Crippen LogP contribution >= 0.6 is 0 Å². The Balaban J connectivity index is 2.18. The van der Waals surface area contributed by atoms with E-state index in [1.807, 2.05) is 6.20 Å². The molecule has 1 aliphatic rings. The van der Waals surface area contributed by atoms with Crippen LogP contribution in [-0.2, 0) is 0 Å². The van der Waals surface area contributed by atoms with Gasteiger partial charge in [0.25, 0.3) is 0 Å². The first-order chi connectivity index (χ1) is 6.77. The van der Waals surface area contributed by atoms with E-state index < -0.39 is 0 Å². The van der Waals surface area contributed by atoms with E-state index in [2.05, 4.69) is 35.1 Å². The number of pyridine rings is 1. The number of rotatable bonds is 1. The van der Waals surface area contributed by atoms with Gasteiger partial charge in [0.15, 0.2) is 0 Å². The number of anilines is 1. The van der Waals surface area contributed by atoms with Crippen molar-refractivity contribution < 1.29 is 0 Å². The third-order valence-corrected chi connectivity index (χ3v) is 2.81. The molecule has 1 saturated heterocycles. The highest BCUT2D eigenvalue weighted by Crippen LogP contribution is 2.16. The van der Waals surface area contributed by atoms with Gasteiger partial charge >= 0.3 is 0 Å². The number of hydrogen-bond acceptors (Lipinski definition) is 3. The minimum atomic E-state index is 1.08. The number of aryl methyl sites for hydroxylation is 2. The molecule has 1 fully saturated rings. The summed E-state index contributed by atoms with van der Waals surface area (Å²) in [4.78, 5) is 6.78. The van der Waals surface area contributed by atoms with E-state index in [-0.39, 0.29) is 0 Å². The molecule has 2 heterocycles. The molecule has 0 aliphatic carbocycles. The summed E-state index contributed by atoms with van der Waals surface area (Å²) in [5.74, 6) is 0. The Hall–Kier alpha value is -1.09. The summed E-state index contributed by atoms with van der Waals surface area (Å²) in [6.07, 6.45) is 1.98. The van der Waals surface area contributed by atoms with Crippen molar-refractivity contribution in [3.63, 3.8) is 0 Å². The summed E-state index contributed by atoms with van der Waals surface area (Å²) in [5, 5.41) is 3.35. The molecule has 1 aromatic heterocycles.